The van der Waals surface area contributed by atoms with Crippen molar-refractivity contribution in [1.82, 2.24) is 15.2 Å². The van der Waals surface area contributed by atoms with Crippen LogP contribution in [0.2, 0.25) is 0 Å². The monoisotopic (exact) mass is 275 g/mol. The maximum atomic E-state index is 12.0. The van der Waals surface area contributed by atoms with E-state index >= 15 is 0 Å². The molecule has 1 fully saturated rings. The van der Waals surface area contributed by atoms with Crippen molar-refractivity contribution in [3.63, 3.8) is 0 Å². The largest absolute Gasteiger partial charge is 0.339 e. The Morgan fingerprint density at radius 3 is 3.00 bits per heavy atom. The third-order valence-corrected chi connectivity index (χ3v) is 3.88. The molecule has 1 aromatic heterocycles. The second-order valence-electron chi connectivity index (χ2n) is 4.20. The summed E-state index contributed by atoms with van der Waals surface area (Å²) >= 11 is 1.61. The molecule has 4 nitrogen and oxygen atoms in total. The first-order chi connectivity index (χ1) is 7.68. The predicted octanol–water partition coefficient (Wildman–Crippen LogP) is 1.58. The first-order valence-electron chi connectivity index (χ1n) is 5.56. The fraction of sp³-hybridized carbons (Fsp3) is 0.636. The van der Waals surface area contributed by atoms with Gasteiger partial charge in [0.1, 0.15) is 0 Å². The summed E-state index contributed by atoms with van der Waals surface area (Å²) in [6, 6.07) is 0.0261. The third-order valence-electron chi connectivity index (χ3n) is 2.96. The first-order valence-corrected chi connectivity index (χ1v) is 6.44. The summed E-state index contributed by atoms with van der Waals surface area (Å²) in [4.78, 5) is 19.2. The molecule has 2 heterocycles. The molecule has 0 bridgehead atoms. The van der Waals surface area contributed by atoms with Gasteiger partial charge in [-0.25, -0.2) is 4.98 Å². The van der Waals surface area contributed by atoms with Gasteiger partial charge in [-0.15, -0.1) is 23.7 Å². The van der Waals surface area contributed by atoms with Crippen molar-refractivity contribution >= 4 is 29.7 Å². The number of carbonyl (C=O) groups is 1. The van der Waals surface area contributed by atoms with Gasteiger partial charge >= 0.3 is 0 Å². The van der Waals surface area contributed by atoms with Crippen LogP contribution < -0.4 is 5.32 Å². The Kier molecular flexibility index (Phi) is 5.36. The molecular formula is C11H18ClN3OS. The minimum Gasteiger partial charge on any atom is -0.339 e. The molecule has 0 aliphatic carbocycles. The van der Waals surface area contributed by atoms with E-state index in [1.54, 1.807) is 16.2 Å². The van der Waals surface area contributed by atoms with Gasteiger partial charge in [0, 0.05) is 11.9 Å². The molecule has 0 aromatic carbocycles. The van der Waals surface area contributed by atoms with Crippen LogP contribution in [0.25, 0.3) is 0 Å². The van der Waals surface area contributed by atoms with Gasteiger partial charge in [-0.3, -0.25) is 4.79 Å². The second kappa shape index (κ2) is 6.33. The first kappa shape index (κ1) is 14.4. The van der Waals surface area contributed by atoms with Gasteiger partial charge < -0.3 is 10.2 Å². The topological polar surface area (TPSA) is 45.2 Å². The summed E-state index contributed by atoms with van der Waals surface area (Å²) < 4.78 is 0. The molecule has 96 valence electrons. The normalized spacial score (nSPS) is 18.8. The van der Waals surface area contributed by atoms with Crippen LogP contribution in [0.5, 0.6) is 0 Å². The molecule has 1 N–H and O–H groups in total. The lowest BCUT2D eigenvalue weighted by Gasteiger charge is -2.20. The Labute approximate surface area is 112 Å². The zero-order valence-corrected chi connectivity index (χ0v) is 11.7. The Morgan fingerprint density at radius 1 is 1.71 bits per heavy atom. The molecule has 0 spiro atoms. The van der Waals surface area contributed by atoms with Crippen molar-refractivity contribution < 1.29 is 4.79 Å². The highest BCUT2D eigenvalue weighted by molar-refractivity contribution is 7.09. The SMILES string of the molecule is Cc1ncsc1CN(C)C(=O)C1CCCN1.Cl. The van der Waals surface area contributed by atoms with Crippen LogP contribution in [0, 0.1) is 6.92 Å². The number of carbonyl (C=O) groups excluding carboxylic acids is 1. The van der Waals surface area contributed by atoms with Gasteiger partial charge in [-0.2, -0.15) is 0 Å². The van der Waals surface area contributed by atoms with Crippen molar-refractivity contribution in [2.24, 2.45) is 0 Å². The Bertz CT molecular complexity index is 377. The number of rotatable bonds is 3. The predicted molar refractivity (Wildman–Crippen MR) is 71.6 cm³/mol. The van der Waals surface area contributed by atoms with Crippen LogP contribution in [0.1, 0.15) is 23.4 Å². The van der Waals surface area contributed by atoms with Crippen LogP contribution in [0.15, 0.2) is 5.51 Å². The number of nitrogens with one attached hydrogen (secondary N) is 1. The van der Waals surface area contributed by atoms with Crippen LogP contribution in [-0.2, 0) is 11.3 Å². The summed E-state index contributed by atoms with van der Waals surface area (Å²) in [5.74, 6) is 0.199. The van der Waals surface area contributed by atoms with E-state index in [9.17, 15) is 4.79 Å². The molecule has 17 heavy (non-hydrogen) atoms. The van der Waals surface area contributed by atoms with Crippen LogP contribution in [0.4, 0.5) is 0 Å². The standard InChI is InChI=1S/C11H17N3OS.ClH/c1-8-10(16-7-13-8)6-14(2)11(15)9-4-3-5-12-9;/h7,9,12H,3-6H2,1-2H3;1H. The van der Waals surface area contributed by atoms with E-state index in [2.05, 4.69) is 10.3 Å². The molecule has 1 saturated heterocycles. The van der Waals surface area contributed by atoms with E-state index in [0.29, 0.717) is 6.54 Å². The van der Waals surface area contributed by atoms with E-state index in [-0.39, 0.29) is 24.4 Å². The summed E-state index contributed by atoms with van der Waals surface area (Å²) in [6.45, 7) is 3.62. The highest BCUT2D eigenvalue weighted by Crippen LogP contribution is 2.16. The van der Waals surface area contributed by atoms with Crippen molar-refractivity contribution in [3.8, 4) is 0 Å². The Morgan fingerprint density at radius 2 is 2.47 bits per heavy atom. The van der Waals surface area contributed by atoms with Crippen molar-refractivity contribution in [1.29, 1.82) is 0 Å². The number of hydrogen-bond acceptors (Lipinski definition) is 4. The summed E-state index contributed by atoms with van der Waals surface area (Å²) in [6.07, 6.45) is 2.06. The number of amides is 1. The van der Waals surface area contributed by atoms with Gasteiger partial charge in [0.05, 0.1) is 23.8 Å². The molecule has 1 aliphatic heterocycles. The maximum absolute atomic E-state index is 12.0. The fourth-order valence-corrected chi connectivity index (χ4v) is 2.76. The van der Waals surface area contributed by atoms with E-state index < -0.39 is 0 Å². The minimum absolute atomic E-state index is 0. The van der Waals surface area contributed by atoms with E-state index in [1.807, 2.05) is 19.5 Å². The van der Waals surface area contributed by atoms with Crippen molar-refractivity contribution in [2.75, 3.05) is 13.6 Å². The molecule has 1 aliphatic rings. The van der Waals surface area contributed by atoms with E-state index in [0.717, 1.165) is 25.1 Å². The van der Waals surface area contributed by atoms with Gasteiger partial charge in [0.15, 0.2) is 0 Å². The van der Waals surface area contributed by atoms with E-state index in [4.69, 9.17) is 0 Å². The highest BCUT2D eigenvalue weighted by Gasteiger charge is 2.25. The number of halogens is 1. The lowest BCUT2D eigenvalue weighted by molar-refractivity contribution is -0.132. The molecule has 2 rings (SSSR count). The van der Waals surface area contributed by atoms with Crippen LogP contribution in [0.3, 0.4) is 0 Å². The Hall–Kier alpha value is -0.650. The van der Waals surface area contributed by atoms with Crippen molar-refractivity contribution in [3.05, 3.63) is 16.1 Å². The average molecular weight is 276 g/mol. The summed E-state index contributed by atoms with van der Waals surface area (Å²) in [5.41, 5.74) is 2.86. The van der Waals surface area contributed by atoms with Crippen LogP contribution >= 0.6 is 23.7 Å². The highest BCUT2D eigenvalue weighted by atomic mass is 35.5. The van der Waals surface area contributed by atoms with Gasteiger partial charge in [0.2, 0.25) is 5.91 Å². The van der Waals surface area contributed by atoms with Gasteiger partial charge in [-0.1, -0.05) is 0 Å². The Balaban J connectivity index is 0.00000144. The minimum atomic E-state index is 0. The molecule has 1 unspecified atom stereocenters. The molecule has 6 heteroatoms. The number of hydrogen-bond donors (Lipinski definition) is 1. The fourth-order valence-electron chi connectivity index (χ4n) is 1.93. The summed E-state index contributed by atoms with van der Waals surface area (Å²) in [5, 5.41) is 3.23. The number of thiazole rings is 1. The molecule has 1 atom stereocenters. The smallest absolute Gasteiger partial charge is 0.239 e. The summed E-state index contributed by atoms with van der Waals surface area (Å²) in [7, 11) is 1.86. The molecule has 0 saturated carbocycles. The van der Waals surface area contributed by atoms with Gasteiger partial charge in [0.25, 0.3) is 0 Å². The second-order valence-corrected chi connectivity index (χ2v) is 5.14. The zero-order chi connectivity index (χ0) is 11.5. The van der Waals surface area contributed by atoms with E-state index in [1.165, 1.54) is 4.88 Å². The quantitative estimate of drug-likeness (QED) is 0.911. The lowest BCUT2D eigenvalue weighted by atomic mass is 10.2. The lowest BCUT2D eigenvalue weighted by Crippen LogP contribution is -2.41. The number of likely N-dealkylation sites (N-methyl/N-ethyl adjacent to an activating group) is 1. The molecule has 0 radical (unpaired) electrons. The number of nitrogens with zero attached hydrogens (tertiary/aromatic N) is 2. The van der Waals surface area contributed by atoms with Gasteiger partial charge in [-0.05, 0) is 26.3 Å². The van der Waals surface area contributed by atoms with Crippen LogP contribution in [-0.4, -0.2) is 35.4 Å². The maximum Gasteiger partial charge on any atom is 0.239 e. The zero-order valence-electron chi connectivity index (χ0n) is 10.1. The molecule has 1 aromatic rings. The molecule has 1 amide bonds. The molecular weight excluding hydrogens is 258 g/mol. The third kappa shape index (κ3) is 3.40. The number of aromatic nitrogens is 1. The van der Waals surface area contributed by atoms with Crippen molar-refractivity contribution in [2.45, 2.75) is 32.4 Å². The average Bonchev–Trinajstić information content (AvgIpc) is 2.89. The number of aryl methyl sites for hydroxylation is 1.